The van der Waals surface area contributed by atoms with Crippen LogP contribution in [-0.4, -0.2) is 21.9 Å². The number of carbonyl (C=O) groups excluding carboxylic acids is 2. The second-order valence-corrected chi connectivity index (χ2v) is 9.73. The number of thiophene rings is 1. The number of aromatic nitrogens is 2. The molecule has 8 nitrogen and oxygen atoms in total. The van der Waals surface area contributed by atoms with E-state index in [2.05, 4.69) is 25.9 Å². The molecule has 3 aromatic heterocycles. The number of anilines is 3. The highest BCUT2D eigenvalue weighted by atomic mass is 32.1. The van der Waals surface area contributed by atoms with Gasteiger partial charge in [-0.15, -0.1) is 11.3 Å². The summed E-state index contributed by atoms with van der Waals surface area (Å²) in [7, 11) is 0. The second kappa shape index (κ2) is 11.6. The van der Waals surface area contributed by atoms with Crippen LogP contribution in [0.15, 0.2) is 90.6 Å². The fraction of sp³-hybridized carbons (Fsp3) is 0.0667. The Balaban J connectivity index is 1.29. The molecule has 0 aliphatic heterocycles. The van der Waals surface area contributed by atoms with E-state index in [-0.39, 0.29) is 11.9 Å². The van der Waals surface area contributed by atoms with Crippen LogP contribution in [0.3, 0.4) is 0 Å². The van der Waals surface area contributed by atoms with Crippen LogP contribution in [0.25, 0.3) is 27.3 Å². The number of rotatable bonds is 7. The van der Waals surface area contributed by atoms with Gasteiger partial charge in [0, 0.05) is 51.1 Å². The molecule has 3 heterocycles. The Morgan fingerprint density at radius 2 is 1.79 bits per heavy atom. The Bertz CT molecular complexity index is 1660. The number of nitrogens with two attached hydrogens (primary N) is 1. The summed E-state index contributed by atoms with van der Waals surface area (Å²) in [5, 5.41) is 11.4. The van der Waals surface area contributed by atoms with E-state index in [1.165, 1.54) is 17.4 Å². The monoisotopic (exact) mass is 534 g/mol. The van der Waals surface area contributed by atoms with Gasteiger partial charge in [0.25, 0.3) is 0 Å². The highest BCUT2D eigenvalue weighted by molar-refractivity contribution is 7.18. The van der Waals surface area contributed by atoms with Crippen LogP contribution in [0.2, 0.25) is 0 Å². The van der Waals surface area contributed by atoms with Gasteiger partial charge in [-0.1, -0.05) is 30.3 Å². The molecule has 194 valence electrons. The normalized spacial score (nSPS) is 11.0. The van der Waals surface area contributed by atoms with Gasteiger partial charge >= 0.3 is 6.03 Å². The summed E-state index contributed by atoms with van der Waals surface area (Å²) < 4.78 is 0.936. The van der Waals surface area contributed by atoms with Crippen LogP contribution in [-0.2, 0) is 11.3 Å². The molecule has 5 rings (SSSR count). The fourth-order valence-electron chi connectivity index (χ4n) is 4.07. The molecule has 2 aromatic carbocycles. The highest BCUT2D eigenvalue weighted by Crippen LogP contribution is 2.39. The van der Waals surface area contributed by atoms with Crippen LogP contribution < -0.4 is 21.7 Å². The molecule has 9 heteroatoms. The molecule has 0 unspecified atom stereocenters. The molecule has 5 N–H and O–H groups in total. The van der Waals surface area contributed by atoms with Gasteiger partial charge in [-0.2, -0.15) is 0 Å². The van der Waals surface area contributed by atoms with E-state index < -0.39 is 0 Å². The Hall–Kier alpha value is -5.02. The lowest BCUT2D eigenvalue weighted by molar-refractivity contribution is -0.116. The van der Waals surface area contributed by atoms with E-state index in [9.17, 15) is 9.59 Å². The molecule has 0 radical (unpaired) electrons. The van der Waals surface area contributed by atoms with Gasteiger partial charge in [0.2, 0.25) is 5.91 Å². The van der Waals surface area contributed by atoms with Crippen LogP contribution in [0.4, 0.5) is 22.0 Å². The molecule has 0 aliphatic carbocycles. The van der Waals surface area contributed by atoms with Crippen molar-refractivity contribution >= 4 is 56.6 Å². The van der Waals surface area contributed by atoms with E-state index >= 15 is 0 Å². The predicted molar refractivity (Wildman–Crippen MR) is 158 cm³/mol. The number of hydrogen-bond acceptors (Lipinski definition) is 6. The number of carbonyl (C=O) groups is 2. The number of nitrogens with one attached hydrogen (secondary N) is 3. The smallest absolute Gasteiger partial charge is 0.323 e. The van der Waals surface area contributed by atoms with Gasteiger partial charge in [0.1, 0.15) is 5.82 Å². The van der Waals surface area contributed by atoms with Crippen LogP contribution in [0.1, 0.15) is 16.8 Å². The van der Waals surface area contributed by atoms with Crippen molar-refractivity contribution < 1.29 is 9.59 Å². The molecule has 0 saturated heterocycles. The van der Waals surface area contributed by atoms with E-state index in [4.69, 9.17) is 5.73 Å². The van der Waals surface area contributed by atoms with Crippen molar-refractivity contribution in [1.29, 1.82) is 0 Å². The first-order valence-corrected chi connectivity index (χ1v) is 13.1. The lowest BCUT2D eigenvalue weighted by Crippen LogP contribution is -2.20. The van der Waals surface area contributed by atoms with Gasteiger partial charge in [-0.25, -0.2) is 9.78 Å². The minimum absolute atomic E-state index is 0.225. The Morgan fingerprint density at radius 1 is 0.974 bits per heavy atom. The summed E-state index contributed by atoms with van der Waals surface area (Å²) in [6.07, 6.45) is 6.58. The molecule has 0 atom stereocenters. The third kappa shape index (κ3) is 6.28. The zero-order chi connectivity index (χ0) is 27.2. The average Bonchev–Trinajstić information content (AvgIpc) is 3.39. The minimum atomic E-state index is -0.316. The van der Waals surface area contributed by atoms with E-state index in [1.807, 2.05) is 79.0 Å². The molecule has 3 amide bonds. The number of urea groups is 1. The molecule has 0 aliphatic rings. The van der Waals surface area contributed by atoms with Crippen molar-refractivity contribution in [3.63, 3.8) is 0 Å². The highest BCUT2D eigenvalue weighted by Gasteiger charge is 2.14. The van der Waals surface area contributed by atoms with Gasteiger partial charge in [-0.3, -0.25) is 9.78 Å². The number of fused-ring (bicyclic) bond motifs is 1. The quantitative estimate of drug-likeness (QED) is 0.185. The molecule has 0 bridgehead atoms. The molecule has 0 fully saturated rings. The fourth-order valence-corrected chi connectivity index (χ4v) is 5.15. The lowest BCUT2D eigenvalue weighted by atomic mass is 10.0. The molecular formula is C30H26N6O2S. The topological polar surface area (TPSA) is 122 Å². The van der Waals surface area contributed by atoms with Crippen LogP contribution >= 0.6 is 11.3 Å². The first-order chi connectivity index (χ1) is 19.0. The number of nitrogens with zero attached hydrogens (tertiary/aromatic N) is 2. The molecule has 0 spiro atoms. The zero-order valence-electron chi connectivity index (χ0n) is 21.1. The second-order valence-electron chi connectivity index (χ2n) is 8.85. The number of pyridine rings is 2. The van der Waals surface area contributed by atoms with Crippen molar-refractivity contribution in [1.82, 2.24) is 15.3 Å². The summed E-state index contributed by atoms with van der Waals surface area (Å²) in [6, 6.07) is 20.4. The zero-order valence-corrected chi connectivity index (χ0v) is 22.0. The van der Waals surface area contributed by atoms with Gasteiger partial charge < -0.3 is 21.7 Å². The summed E-state index contributed by atoms with van der Waals surface area (Å²) in [5.41, 5.74) is 12.2. The molecule has 39 heavy (non-hydrogen) atoms. The van der Waals surface area contributed by atoms with E-state index in [0.29, 0.717) is 18.1 Å². The lowest BCUT2D eigenvalue weighted by Gasteiger charge is -2.09. The van der Waals surface area contributed by atoms with Gasteiger partial charge in [0.05, 0.1) is 12.2 Å². The Morgan fingerprint density at radius 3 is 2.56 bits per heavy atom. The predicted octanol–water partition coefficient (Wildman–Crippen LogP) is 6.22. The van der Waals surface area contributed by atoms with Crippen molar-refractivity contribution in [2.75, 3.05) is 16.4 Å². The average molecular weight is 535 g/mol. The minimum Gasteiger partial charge on any atom is -0.383 e. The van der Waals surface area contributed by atoms with Gasteiger partial charge in [0.15, 0.2) is 0 Å². The third-order valence-electron chi connectivity index (χ3n) is 5.97. The van der Waals surface area contributed by atoms with Crippen molar-refractivity contribution in [2.45, 2.75) is 13.5 Å². The van der Waals surface area contributed by atoms with Gasteiger partial charge in [-0.05, 0) is 65.9 Å². The van der Waals surface area contributed by atoms with Crippen molar-refractivity contribution in [3.8, 4) is 11.1 Å². The summed E-state index contributed by atoms with van der Waals surface area (Å²) in [5.74, 6) is 0.190. The standard InChI is InChI=1S/C30H26N6O2S/c1-19-5-4-7-23(15-19)36-30(38)35-22-11-8-20(9-12-22)25-18-39-28-21(16-34-29(31)27(25)28)10-13-26(37)33-17-24-6-2-3-14-32-24/h2-16,18H,17H2,1H3,(H2,31,34)(H,33,37)(H2,35,36,38). The SMILES string of the molecule is Cc1cccc(NC(=O)Nc2ccc(-c3csc4c(C=CC(=O)NCc5ccccn5)cnc(N)c34)cc2)c1. The maximum Gasteiger partial charge on any atom is 0.323 e. The summed E-state index contributed by atoms with van der Waals surface area (Å²) in [4.78, 5) is 33.3. The molecule has 0 saturated carbocycles. The number of hydrogen-bond donors (Lipinski definition) is 4. The number of amides is 3. The summed E-state index contributed by atoms with van der Waals surface area (Å²) >= 11 is 1.54. The maximum atomic E-state index is 12.4. The Kier molecular flexibility index (Phi) is 7.60. The number of aryl methyl sites for hydroxylation is 1. The van der Waals surface area contributed by atoms with Crippen LogP contribution in [0, 0.1) is 6.92 Å². The van der Waals surface area contributed by atoms with E-state index in [0.717, 1.165) is 43.7 Å². The third-order valence-corrected chi connectivity index (χ3v) is 7.00. The summed E-state index contributed by atoms with van der Waals surface area (Å²) in [6.45, 7) is 2.32. The Labute approximate surface area is 229 Å². The van der Waals surface area contributed by atoms with Crippen LogP contribution in [0.5, 0.6) is 0 Å². The maximum absolute atomic E-state index is 12.4. The first kappa shape index (κ1) is 25.6. The number of nitrogen functional groups attached to an aromatic ring is 1. The van der Waals surface area contributed by atoms with Crippen molar-refractivity contribution in [3.05, 3.63) is 107 Å². The molecular weight excluding hydrogens is 508 g/mol. The molecule has 5 aromatic rings. The van der Waals surface area contributed by atoms with E-state index in [1.54, 1.807) is 18.5 Å². The number of benzene rings is 2. The largest absolute Gasteiger partial charge is 0.383 e. The van der Waals surface area contributed by atoms with Crippen molar-refractivity contribution in [2.24, 2.45) is 0 Å². The first-order valence-electron chi connectivity index (χ1n) is 12.2.